The van der Waals surface area contributed by atoms with Gasteiger partial charge < -0.3 is 10.6 Å². The molecule has 0 spiro atoms. The molecule has 25 heavy (non-hydrogen) atoms. The molecule has 0 aliphatic heterocycles. The summed E-state index contributed by atoms with van der Waals surface area (Å²) in [6.07, 6.45) is 2.43. The van der Waals surface area contributed by atoms with Crippen LogP contribution in [0.25, 0.3) is 11.4 Å². The van der Waals surface area contributed by atoms with Gasteiger partial charge in [0.1, 0.15) is 11.6 Å². The summed E-state index contributed by atoms with van der Waals surface area (Å²) in [5, 5.41) is 6.95. The average Bonchev–Trinajstić information content (AvgIpc) is 3.43. The lowest BCUT2D eigenvalue weighted by atomic mass is 10.1. The molecule has 1 heterocycles. The van der Waals surface area contributed by atoms with Crippen LogP contribution in [0.2, 0.25) is 0 Å². The highest BCUT2D eigenvalue weighted by atomic mass is 15.1. The Hall–Kier alpha value is -2.88. The van der Waals surface area contributed by atoms with E-state index >= 15 is 0 Å². The van der Waals surface area contributed by atoms with Crippen molar-refractivity contribution >= 4 is 17.3 Å². The molecule has 1 aliphatic carbocycles. The molecular formula is C21H22N4. The van der Waals surface area contributed by atoms with Crippen molar-refractivity contribution in [1.82, 2.24) is 9.97 Å². The second kappa shape index (κ2) is 6.55. The fourth-order valence-electron chi connectivity index (χ4n) is 2.76. The summed E-state index contributed by atoms with van der Waals surface area (Å²) < 4.78 is 0. The van der Waals surface area contributed by atoms with Crippen molar-refractivity contribution < 1.29 is 0 Å². The Bertz CT molecular complexity index is 886. The first kappa shape index (κ1) is 15.6. The highest BCUT2D eigenvalue weighted by molar-refractivity contribution is 5.67. The van der Waals surface area contributed by atoms with Gasteiger partial charge in [-0.1, -0.05) is 42.5 Å². The van der Waals surface area contributed by atoms with E-state index in [2.05, 4.69) is 42.7 Å². The summed E-state index contributed by atoms with van der Waals surface area (Å²) in [6, 6.07) is 18.9. The maximum atomic E-state index is 4.74. The maximum Gasteiger partial charge on any atom is 0.163 e. The zero-order valence-corrected chi connectivity index (χ0v) is 14.6. The number of benzene rings is 2. The summed E-state index contributed by atoms with van der Waals surface area (Å²) in [5.74, 6) is 2.42. The number of hydrogen-bond acceptors (Lipinski definition) is 4. The molecule has 3 aromatic rings. The van der Waals surface area contributed by atoms with Crippen LogP contribution in [0.15, 0.2) is 54.6 Å². The third-order valence-corrected chi connectivity index (χ3v) is 4.55. The Balaban J connectivity index is 1.71. The van der Waals surface area contributed by atoms with E-state index in [1.807, 2.05) is 36.4 Å². The highest BCUT2D eigenvalue weighted by Crippen LogP contribution is 2.28. The molecule has 4 heteroatoms. The molecule has 2 aromatic carbocycles. The second-order valence-electron chi connectivity index (χ2n) is 6.62. The molecule has 1 fully saturated rings. The first-order valence-electron chi connectivity index (χ1n) is 8.73. The quantitative estimate of drug-likeness (QED) is 0.685. The monoisotopic (exact) mass is 330 g/mol. The lowest BCUT2D eigenvalue weighted by Gasteiger charge is -2.13. The van der Waals surface area contributed by atoms with Crippen LogP contribution in [0, 0.1) is 13.8 Å². The summed E-state index contributed by atoms with van der Waals surface area (Å²) in [4.78, 5) is 9.44. The molecule has 0 bridgehead atoms. The standard InChI is InChI=1S/C21H22N4/c1-14-7-6-10-18(15(14)2)23-20-13-19(22-17-11-12-17)24-21(25-20)16-8-4-3-5-9-16/h3-10,13,17H,11-12H2,1-2H3,(H2,22,23,24,25). The van der Waals surface area contributed by atoms with Crippen LogP contribution >= 0.6 is 0 Å². The second-order valence-corrected chi connectivity index (χ2v) is 6.62. The molecule has 0 unspecified atom stereocenters. The van der Waals surface area contributed by atoms with E-state index in [9.17, 15) is 0 Å². The fraction of sp³-hybridized carbons (Fsp3) is 0.238. The molecule has 0 amide bonds. The van der Waals surface area contributed by atoms with Gasteiger partial charge in [-0.3, -0.25) is 0 Å². The topological polar surface area (TPSA) is 49.8 Å². The SMILES string of the molecule is Cc1cccc(Nc2cc(NC3CC3)nc(-c3ccccc3)n2)c1C. The van der Waals surface area contributed by atoms with Crippen molar-refractivity contribution in [3.63, 3.8) is 0 Å². The lowest BCUT2D eigenvalue weighted by Crippen LogP contribution is -2.06. The minimum absolute atomic E-state index is 0.548. The Morgan fingerprint density at radius 2 is 1.64 bits per heavy atom. The third-order valence-electron chi connectivity index (χ3n) is 4.55. The van der Waals surface area contributed by atoms with E-state index in [1.165, 1.54) is 24.0 Å². The molecule has 1 aliphatic rings. The van der Waals surface area contributed by atoms with Gasteiger partial charge in [0.25, 0.3) is 0 Å². The first-order chi connectivity index (χ1) is 12.2. The molecular weight excluding hydrogens is 308 g/mol. The van der Waals surface area contributed by atoms with Crippen LogP contribution < -0.4 is 10.6 Å². The molecule has 4 rings (SSSR count). The van der Waals surface area contributed by atoms with Gasteiger partial charge in [-0.15, -0.1) is 0 Å². The van der Waals surface area contributed by atoms with Crippen molar-refractivity contribution in [3.8, 4) is 11.4 Å². The normalized spacial score (nSPS) is 13.5. The number of hydrogen-bond donors (Lipinski definition) is 2. The number of anilines is 3. The van der Waals surface area contributed by atoms with Gasteiger partial charge in [-0.2, -0.15) is 0 Å². The van der Waals surface area contributed by atoms with Gasteiger partial charge in [0.05, 0.1) is 0 Å². The van der Waals surface area contributed by atoms with E-state index in [0.29, 0.717) is 6.04 Å². The number of rotatable bonds is 5. The summed E-state index contributed by atoms with van der Waals surface area (Å²) >= 11 is 0. The minimum atomic E-state index is 0.548. The van der Waals surface area contributed by atoms with Gasteiger partial charge in [-0.05, 0) is 43.9 Å². The molecule has 0 radical (unpaired) electrons. The number of aromatic nitrogens is 2. The van der Waals surface area contributed by atoms with E-state index in [1.54, 1.807) is 0 Å². The van der Waals surface area contributed by atoms with E-state index in [-0.39, 0.29) is 0 Å². The van der Waals surface area contributed by atoms with Gasteiger partial charge in [0, 0.05) is 23.4 Å². The zero-order valence-electron chi connectivity index (χ0n) is 14.6. The molecule has 0 atom stereocenters. The van der Waals surface area contributed by atoms with E-state index in [0.717, 1.165) is 28.7 Å². The van der Waals surface area contributed by atoms with Crippen LogP contribution in [0.5, 0.6) is 0 Å². The van der Waals surface area contributed by atoms with Gasteiger partial charge in [-0.25, -0.2) is 9.97 Å². The van der Waals surface area contributed by atoms with Crippen LogP contribution in [-0.4, -0.2) is 16.0 Å². The molecule has 1 saturated carbocycles. The average molecular weight is 330 g/mol. The molecule has 4 nitrogen and oxygen atoms in total. The summed E-state index contributed by atoms with van der Waals surface area (Å²) in [6.45, 7) is 4.25. The third kappa shape index (κ3) is 3.63. The Morgan fingerprint density at radius 3 is 2.40 bits per heavy atom. The van der Waals surface area contributed by atoms with Gasteiger partial charge in [0.2, 0.25) is 0 Å². The first-order valence-corrected chi connectivity index (χ1v) is 8.73. The summed E-state index contributed by atoms with van der Waals surface area (Å²) in [5.41, 5.74) is 4.60. The zero-order chi connectivity index (χ0) is 17.2. The van der Waals surface area contributed by atoms with Crippen molar-refractivity contribution in [1.29, 1.82) is 0 Å². The Labute approximate surface area is 148 Å². The maximum absolute atomic E-state index is 4.74. The molecule has 1 aromatic heterocycles. The minimum Gasteiger partial charge on any atom is -0.367 e. The highest BCUT2D eigenvalue weighted by Gasteiger charge is 2.22. The number of nitrogens with one attached hydrogen (secondary N) is 2. The largest absolute Gasteiger partial charge is 0.367 e. The smallest absolute Gasteiger partial charge is 0.163 e. The summed E-state index contributed by atoms with van der Waals surface area (Å²) in [7, 11) is 0. The predicted molar refractivity (Wildman–Crippen MR) is 103 cm³/mol. The van der Waals surface area contributed by atoms with Crippen LogP contribution in [-0.2, 0) is 0 Å². The Kier molecular flexibility index (Phi) is 4.10. The Morgan fingerprint density at radius 1 is 0.880 bits per heavy atom. The molecule has 2 N–H and O–H groups in total. The van der Waals surface area contributed by atoms with Gasteiger partial charge in [0.15, 0.2) is 5.82 Å². The van der Waals surface area contributed by atoms with Crippen LogP contribution in [0.4, 0.5) is 17.3 Å². The van der Waals surface area contributed by atoms with Crippen molar-refractivity contribution in [2.45, 2.75) is 32.7 Å². The van der Waals surface area contributed by atoms with Gasteiger partial charge >= 0.3 is 0 Å². The van der Waals surface area contributed by atoms with E-state index < -0.39 is 0 Å². The van der Waals surface area contributed by atoms with Crippen molar-refractivity contribution in [2.75, 3.05) is 10.6 Å². The van der Waals surface area contributed by atoms with E-state index in [4.69, 9.17) is 9.97 Å². The van der Waals surface area contributed by atoms with Crippen LogP contribution in [0.3, 0.4) is 0 Å². The number of nitrogens with zero attached hydrogens (tertiary/aromatic N) is 2. The number of aryl methyl sites for hydroxylation is 1. The predicted octanol–water partition coefficient (Wildman–Crippen LogP) is 5.08. The van der Waals surface area contributed by atoms with Crippen molar-refractivity contribution in [2.24, 2.45) is 0 Å². The molecule has 126 valence electrons. The fourth-order valence-corrected chi connectivity index (χ4v) is 2.76. The van der Waals surface area contributed by atoms with Crippen molar-refractivity contribution in [3.05, 3.63) is 65.7 Å². The molecule has 0 saturated heterocycles. The van der Waals surface area contributed by atoms with Crippen LogP contribution in [0.1, 0.15) is 24.0 Å². The lowest BCUT2D eigenvalue weighted by molar-refractivity contribution is 1.09.